The molecule has 1 aliphatic heterocycles. The van der Waals surface area contributed by atoms with Crippen molar-refractivity contribution in [3.8, 4) is 0 Å². The summed E-state index contributed by atoms with van der Waals surface area (Å²) in [5, 5.41) is 2.97. The zero-order valence-electron chi connectivity index (χ0n) is 12.9. The number of carbonyl (C=O) groups is 2. The van der Waals surface area contributed by atoms with Crippen LogP contribution in [0.3, 0.4) is 0 Å². The average Bonchev–Trinajstić information content (AvgIpc) is 2.94. The lowest BCUT2D eigenvalue weighted by Crippen LogP contribution is -2.28. The lowest BCUT2D eigenvalue weighted by molar-refractivity contribution is -0.151. The van der Waals surface area contributed by atoms with Gasteiger partial charge in [0.2, 0.25) is 5.91 Å². The van der Waals surface area contributed by atoms with Gasteiger partial charge in [-0.3, -0.25) is 9.59 Å². The topological polar surface area (TPSA) is 55.4 Å². The molecule has 0 spiro atoms. The Hall–Kier alpha value is -2.62. The molecule has 1 aliphatic rings. The Bertz CT molecular complexity index is 684. The first-order valence-corrected chi connectivity index (χ1v) is 7.79. The molecule has 4 nitrogen and oxygen atoms in total. The molecule has 0 saturated carbocycles. The first kappa shape index (κ1) is 15.3. The van der Waals surface area contributed by atoms with Gasteiger partial charge in [-0.05, 0) is 18.1 Å². The minimum absolute atomic E-state index is 0.236. The molecule has 1 heterocycles. The number of ether oxygens (including phenoxy) is 1. The van der Waals surface area contributed by atoms with Crippen LogP contribution in [0.4, 0.5) is 0 Å². The fourth-order valence-electron chi connectivity index (χ4n) is 3.19. The van der Waals surface area contributed by atoms with Gasteiger partial charge in [-0.25, -0.2) is 0 Å². The molecule has 2 aromatic rings. The van der Waals surface area contributed by atoms with E-state index >= 15 is 0 Å². The lowest BCUT2D eigenvalue weighted by Gasteiger charge is -2.22. The van der Waals surface area contributed by atoms with Gasteiger partial charge in [0.05, 0.1) is 12.6 Å². The highest BCUT2D eigenvalue weighted by Crippen LogP contribution is 2.42. The second kappa shape index (κ2) is 6.65. The maximum atomic E-state index is 12.4. The number of hydrogen-bond acceptors (Lipinski definition) is 3. The van der Waals surface area contributed by atoms with E-state index in [0.717, 1.165) is 11.1 Å². The van der Waals surface area contributed by atoms with Crippen molar-refractivity contribution < 1.29 is 14.3 Å². The largest absolute Gasteiger partial charge is 0.465 e. The molecular weight excluding hydrogens is 290 g/mol. The summed E-state index contributed by atoms with van der Waals surface area (Å²) in [7, 11) is 0. The second-order valence-corrected chi connectivity index (χ2v) is 5.56. The Morgan fingerprint density at radius 2 is 1.57 bits per heavy atom. The number of hydrogen-bond donors (Lipinski definition) is 1. The van der Waals surface area contributed by atoms with Crippen molar-refractivity contribution >= 4 is 11.9 Å². The van der Waals surface area contributed by atoms with E-state index in [9.17, 15) is 9.59 Å². The van der Waals surface area contributed by atoms with Crippen molar-refractivity contribution in [2.24, 2.45) is 5.92 Å². The molecule has 0 bridgehead atoms. The van der Waals surface area contributed by atoms with Crippen molar-refractivity contribution in [2.75, 3.05) is 6.61 Å². The maximum Gasteiger partial charge on any atom is 0.319 e. The summed E-state index contributed by atoms with van der Waals surface area (Å²) >= 11 is 0. The van der Waals surface area contributed by atoms with Crippen LogP contribution in [0.2, 0.25) is 0 Å². The Morgan fingerprint density at radius 1 is 1.00 bits per heavy atom. The molecule has 1 fully saturated rings. The third-order valence-electron chi connectivity index (χ3n) is 4.18. The summed E-state index contributed by atoms with van der Waals surface area (Å²) in [5.74, 6) is -1.82. The zero-order valence-corrected chi connectivity index (χ0v) is 12.9. The Kier molecular flexibility index (Phi) is 4.42. The first-order valence-electron chi connectivity index (χ1n) is 7.79. The number of benzene rings is 2. The smallest absolute Gasteiger partial charge is 0.319 e. The molecule has 3 rings (SSSR count). The van der Waals surface area contributed by atoms with Crippen molar-refractivity contribution in [2.45, 2.75) is 18.9 Å². The van der Waals surface area contributed by atoms with Gasteiger partial charge < -0.3 is 10.1 Å². The van der Waals surface area contributed by atoms with Crippen LogP contribution in [0.25, 0.3) is 0 Å². The summed E-state index contributed by atoms with van der Waals surface area (Å²) in [6.07, 6.45) is 0. The molecule has 0 aromatic heterocycles. The van der Waals surface area contributed by atoms with Crippen molar-refractivity contribution in [1.29, 1.82) is 0 Å². The zero-order chi connectivity index (χ0) is 16.2. The van der Waals surface area contributed by atoms with E-state index in [0.29, 0.717) is 0 Å². The van der Waals surface area contributed by atoms with Crippen molar-refractivity contribution in [3.63, 3.8) is 0 Å². The van der Waals surface area contributed by atoms with E-state index in [2.05, 4.69) is 5.32 Å². The van der Waals surface area contributed by atoms with Gasteiger partial charge >= 0.3 is 5.97 Å². The van der Waals surface area contributed by atoms with Crippen molar-refractivity contribution in [3.05, 3.63) is 71.8 Å². The molecule has 23 heavy (non-hydrogen) atoms. The first-order chi connectivity index (χ1) is 11.2. The minimum atomic E-state index is -0.817. The summed E-state index contributed by atoms with van der Waals surface area (Å²) in [6, 6.07) is 19.2. The van der Waals surface area contributed by atoms with E-state index in [4.69, 9.17) is 4.74 Å². The van der Waals surface area contributed by atoms with Gasteiger partial charge in [0.15, 0.2) is 0 Å². The van der Waals surface area contributed by atoms with Gasteiger partial charge in [-0.15, -0.1) is 0 Å². The van der Waals surface area contributed by atoms with Crippen LogP contribution in [0, 0.1) is 5.92 Å². The van der Waals surface area contributed by atoms with Gasteiger partial charge in [0.25, 0.3) is 0 Å². The second-order valence-electron chi connectivity index (χ2n) is 5.56. The number of rotatable bonds is 4. The van der Waals surface area contributed by atoms with Crippen LogP contribution in [-0.2, 0) is 14.3 Å². The van der Waals surface area contributed by atoms with E-state index in [1.807, 2.05) is 60.7 Å². The van der Waals surface area contributed by atoms with Crippen LogP contribution in [0.1, 0.15) is 30.0 Å². The highest BCUT2D eigenvalue weighted by atomic mass is 16.5. The molecule has 118 valence electrons. The molecule has 2 aromatic carbocycles. The average molecular weight is 309 g/mol. The standard InChI is InChI=1S/C19H19NO3/c1-2-23-19(22)16-15(13-9-5-3-6-10-13)17(20-18(16)21)14-11-7-4-8-12-14/h3-12,15-17H,2H2,1H3,(H,20,21). The number of esters is 1. The summed E-state index contributed by atoms with van der Waals surface area (Å²) in [6.45, 7) is 2.01. The SMILES string of the molecule is CCOC(=O)C1C(=O)NC(c2ccccc2)C1c1ccccc1. The molecule has 4 heteroatoms. The fourth-order valence-corrected chi connectivity index (χ4v) is 3.19. The molecule has 3 unspecified atom stereocenters. The number of nitrogens with one attached hydrogen (secondary N) is 1. The molecule has 3 atom stereocenters. The Balaban J connectivity index is 2.03. The summed E-state index contributed by atoms with van der Waals surface area (Å²) < 4.78 is 5.13. The van der Waals surface area contributed by atoms with E-state index in [-0.39, 0.29) is 24.5 Å². The highest BCUT2D eigenvalue weighted by molar-refractivity contribution is 6.01. The number of amides is 1. The van der Waals surface area contributed by atoms with Gasteiger partial charge in [0, 0.05) is 5.92 Å². The molecule has 1 N–H and O–H groups in total. The van der Waals surface area contributed by atoms with Crippen LogP contribution < -0.4 is 5.32 Å². The molecule has 0 radical (unpaired) electrons. The normalized spacial score (nSPS) is 23.3. The third-order valence-corrected chi connectivity index (χ3v) is 4.18. The molecule has 0 aliphatic carbocycles. The van der Waals surface area contributed by atoms with Crippen molar-refractivity contribution in [1.82, 2.24) is 5.32 Å². The molecular formula is C19H19NO3. The van der Waals surface area contributed by atoms with Crippen LogP contribution >= 0.6 is 0 Å². The van der Waals surface area contributed by atoms with Gasteiger partial charge in [0.1, 0.15) is 5.92 Å². The summed E-state index contributed by atoms with van der Waals surface area (Å²) in [5.41, 5.74) is 1.94. The predicted molar refractivity (Wildman–Crippen MR) is 86.6 cm³/mol. The Labute approximate surface area is 135 Å². The maximum absolute atomic E-state index is 12.4. The summed E-state index contributed by atoms with van der Waals surface area (Å²) in [4.78, 5) is 24.8. The van der Waals surface area contributed by atoms with Gasteiger partial charge in [-0.2, -0.15) is 0 Å². The minimum Gasteiger partial charge on any atom is -0.465 e. The molecule has 1 saturated heterocycles. The molecule has 1 amide bonds. The van der Waals surface area contributed by atoms with E-state index < -0.39 is 11.9 Å². The predicted octanol–water partition coefficient (Wildman–Crippen LogP) is 2.82. The van der Waals surface area contributed by atoms with Gasteiger partial charge in [-0.1, -0.05) is 60.7 Å². The Morgan fingerprint density at radius 3 is 2.13 bits per heavy atom. The van der Waals surface area contributed by atoms with Crippen LogP contribution in [-0.4, -0.2) is 18.5 Å². The van der Waals surface area contributed by atoms with E-state index in [1.165, 1.54) is 0 Å². The number of carbonyl (C=O) groups excluding carboxylic acids is 2. The third kappa shape index (κ3) is 2.97. The monoisotopic (exact) mass is 309 g/mol. The quantitative estimate of drug-likeness (QED) is 0.698. The van der Waals surface area contributed by atoms with Crippen LogP contribution in [0.5, 0.6) is 0 Å². The highest BCUT2D eigenvalue weighted by Gasteiger charge is 2.48. The lowest BCUT2D eigenvalue weighted by atomic mass is 9.81. The fraction of sp³-hybridized carbons (Fsp3) is 0.263. The van der Waals surface area contributed by atoms with E-state index in [1.54, 1.807) is 6.92 Å². The van der Waals surface area contributed by atoms with Crippen LogP contribution in [0.15, 0.2) is 60.7 Å².